The molecule has 3 heterocycles. The molecule has 6 nitrogen and oxygen atoms in total. The van der Waals surface area contributed by atoms with Gasteiger partial charge in [0.05, 0.1) is 7.11 Å². The van der Waals surface area contributed by atoms with Crippen molar-refractivity contribution in [3.05, 3.63) is 77.4 Å². The molecule has 1 saturated heterocycles. The first kappa shape index (κ1) is 18.2. The van der Waals surface area contributed by atoms with Crippen LogP contribution in [-0.2, 0) is 6.42 Å². The Kier molecular flexibility index (Phi) is 5.37. The second-order valence-electron chi connectivity index (χ2n) is 7.12. The van der Waals surface area contributed by atoms with Crippen molar-refractivity contribution in [3.8, 4) is 5.75 Å². The molecule has 1 N–H and O–H groups in total. The maximum atomic E-state index is 12.4. The number of rotatable bonds is 5. The number of carbonyl (C=O) groups is 1. The Labute approximate surface area is 164 Å². The van der Waals surface area contributed by atoms with Gasteiger partial charge in [-0.3, -0.25) is 14.9 Å². The second-order valence-corrected chi connectivity index (χ2v) is 7.12. The number of pyridine rings is 1. The molecule has 1 aromatic carbocycles. The Hall–Kier alpha value is -3.15. The number of hydrogen-bond acceptors (Lipinski definition) is 4. The first-order valence-corrected chi connectivity index (χ1v) is 9.60. The van der Waals surface area contributed by atoms with Crippen molar-refractivity contribution in [2.75, 3.05) is 20.2 Å². The number of benzene rings is 1. The molecule has 28 heavy (non-hydrogen) atoms. The van der Waals surface area contributed by atoms with E-state index in [4.69, 9.17) is 9.72 Å². The molecule has 1 amide bonds. The summed E-state index contributed by atoms with van der Waals surface area (Å²) in [5.41, 5.74) is 3.96. The summed E-state index contributed by atoms with van der Waals surface area (Å²) < 4.78 is 5.22. The number of likely N-dealkylation sites (tertiary alicyclic amines) is 1. The molecule has 1 fully saturated rings. The summed E-state index contributed by atoms with van der Waals surface area (Å²) in [6.45, 7) is 1.49. The first-order chi connectivity index (χ1) is 13.7. The molecule has 0 bridgehead atoms. The van der Waals surface area contributed by atoms with Gasteiger partial charge in [0, 0.05) is 43.0 Å². The highest BCUT2D eigenvalue weighted by Gasteiger charge is 2.25. The van der Waals surface area contributed by atoms with Gasteiger partial charge in [0.15, 0.2) is 0 Å². The number of carbonyl (C=O) groups excluding carboxylic acids is 1. The third-order valence-electron chi connectivity index (χ3n) is 5.30. The standard InChI is InChI=1S/C22H24N4O2/c1-28-19-7-5-16(6-8-19)15-18-3-2-4-20(24-18)17-10-13-26(14-11-17)22(27)21-9-12-23-25-21/h2-9,12,17H,10-11,13-15H2,1H3,(H,23,25). The minimum Gasteiger partial charge on any atom is -0.497 e. The smallest absolute Gasteiger partial charge is 0.271 e. The zero-order valence-electron chi connectivity index (χ0n) is 16.0. The Bertz CT molecular complexity index is 914. The fourth-order valence-corrected chi connectivity index (χ4v) is 3.70. The van der Waals surface area contributed by atoms with Crippen molar-refractivity contribution >= 4 is 5.91 Å². The van der Waals surface area contributed by atoms with Gasteiger partial charge in [0.1, 0.15) is 11.4 Å². The van der Waals surface area contributed by atoms with Crippen LogP contribution in [0.2, 0.25) is 0 Å². The van der Waals surface area contributed by atoms with Crippen molar-refractivity contribution in [1.29, 1.82) is 0 Å². The molecular formula is C22H24N4O2. The summed E-state index contributed by atoms with van der Waals surface area (Å²) in [5, 5.41) is 6.62. The molecule has 0 spiro atoms. The molecule has 3 aromatic rings. The van der Waals surface area contributed by atoms with Crippen molar-refractivity contribution < 1.29 is 9.53 Å². The van der Waals surface area contributed by atoms with E-state index in [1.54, 1.807) is 19.4 Å². The third-order valence-corrected chi connectivity index (χ3v) is 5.30. The lowest BCUT2D eigenvalue weighted by Gasteiger charge is -2.31. The van der Waals surface area contributed by atoms with Gasteiger partial charge in [0.2, 0.25) is 0 Å². The van der Waals surface area contributed by atoms with Crippen molar-refractivity contribution in [1.82, 2.24) is 20.1 Å². The Morgan fingerprint density at radius 2 is 1.93 bits per heavy atom. The summed E-state index contributed by atoms with van der Waals surface area (Å²) in [5.74, 6) is 1.28. The van der Waals surface area contributed by atoms with Gasteiger partial charge in [-0.15, -0.1) is 0 Å². The molecule has 2 aromatic heterocycles. The average molecular weight is 376 g/mol. The topological polar surface area (TPSA) is 71.1 Å². The second kappa shape index (κ2) is 8.25. The predicted molar refractivity (Wildman–Crippen MR) is 107 cm³/mol. The molecule has 0 radical (unpaired) electrons. The number of nitrogens with one attached hydrogen (secondary N) is 1. The van der Waals surface area contributed by atoms with Gasteiger partial charge in [-0.2, -0.15) is 5.10 Å². The van der Waals surface area contributed by atoms with E-state index in [-0.39, 0.29) is 5.91 Å². The summed E-state index contributed by atoms with van der Waals surface area (Å²) in [4.78, 5) is 19.2. The lowest BCUT2D eigenvalue weighted by atomic mass is 9.92. The highest BCUT2D eigenvalue weighted by molar-refractivity contribution is 5.92. The number of methoxy groups -OCH3 is 1. The molecule has 1 aliphatic heterocycles. The Balaban J connectivity index is 1.38. The number of nitrogens with zero attached hydrogens (tertiary/aromatic N) is 3. The molecule has 0 saturated carbocycles. The highest BCUT2D eigenvalue weighted by Crippen LogP contribution is 2.27. The van der Waals surface area contributed by atoms with Crippen LogP contribution in [0, 0.1) is 0 Å². The molecule has 0 unspecified atom stereocenters. The minimum atomic E-state index is 0.0252. The van der Waals surface area contributed by atoms with Crippen LogP contribution in [0.3, 0.4) is 0 Å². The number of ether oxygens (including phenoxy) is 1. The van der Waals surface area contributed by atoms with Crippen LogP contribution in [0.4, 0.5) is 0 Å². The number of aromatic nitrogens is 3. The van der Waals surface area contributed by atoms with E-state index >= 15 is 0 Å². The van der Waals surface area contributed by atoms with Gasteiger partial charge in [0.25, 0.3) is 5.91 Å². The minimum absolute atomic E-state index is 0.0252. The van der Waals surface area contributed by atoms with Crippen molar-refractivity contribution in [2.45, 2.75) is 25.2 Å². The van der Waals surface area contributed by atoms with E-state index in [2.05, 4.69) is 40.5 Å². The summed E-state index contributed by atoms with van der Waals surface area (Å²) in [6.07, 6.45) is 4.27. The summed E-state index contributed by atoms with van der Waals surface area (Å²) >= 11 is 0. The SMILES string of the molecule is COc1ccc(Cc2cccc(C3CCN(C(=O)c4ccn[nH]4)CC3)n2)cc1. The zero-order chi connectivity index (χ0) is 19.3. The maximum Gasteiger partial charge on any atom is 0.271 e. The molecular weight excluding hydrogens is 352 g/mol. The summed E-state index contributed by atoms with van der Waals surface area (Å²) in [6, 6.07) is 16.1. The lowest BCUT2D eigenvalue weighted by Crippen LogP contribution is -2.38. The predicted octanol–water partition coefficient (Wildman–Crippen LogP) is 3.42. The van der Waals surface area contributed by atoms with Gasteiger partial charge in [-0.1, -0.05) is 18.2 Å². The van der Waals surface area contributed by atoms with Gasteiger partial charge in [-0.05, 0) is 48.7 Å². The first-order valence-electron chi connectivity index (χ1n) is 9.60. The monoisotopic (exact) mass is 376 g/mol. The Morgan fingerprint density at radius 3 is 2.61 bits per heavy atom. The van der Waals surface area contributed by atoms with E-state index in [0.29, 0.717) is 11.6 Å². The lowest BCUT2D eigenvalue weighted by molar-refractivity contribution is 0.0706. The van der Waals surface area contributed by atoms with Crippen LogP contribution >= 0.6 is 0 Å². The quantitative estimate of drug-likeness (QED) is 0.741. The number of H-pyrrole nitrogens is 1. The number of hydrogen-bond donors (Lipinski definition) is 1. The van der Waals surface area contributed by atoms with E-state index < -0.39 is 0 Å². The fraction of sp³-hybridized carbons (Fsp3) is 0.318. The van der Waals surface area contributed by atoms with E-state index in [0.717, 1.165) is 49.5 Å². The number of piperidine rings is 1. The van der Waals surface area contributed by atoms with Crippen LogP contribution in [0.25, 0.3) is 0 Å². The van der Waals surface area contributed by atoms with Crippen LogP contribution in [0.15, 0.2) is 54.7 Å². The van der Waals surface area contributed by atoms with Crippen LogP contribution in [0.5, 0.6) is 5.75 Å². The van der Waals surface area contributed by atoms with Crippen molar-refractivity contribution in [3.63, 3.8) is 0 Å². The number of amides is 1. The van der Waals surface area contributed by atoms with Gasteiger partial charge >= 0.3 is 0 Å². The van der Waals surface area contributed by atoms with E-state index in [1.807, 2.05) is 17.0 Å². The summed E-state index contributed by atoms with van der Waals surface area (Å²) in [7, 11) is 1.67. The largest absolute Gasteiger partial charge is 0.497 e. The number of aromatic amines is 1. The normalized spacial score (nSPS) is 14.8. The van der Waals surface area contributed by atoms with E-state index in [1.165, 1.54) is 5.56 Å². The molecule has 0 aliphatic carbocycles. The molecule has 0 atom stereocenters. The Morgan fingerprint density at radius 1 is 1.14 bits per heavy atom. The zero-order valence-corrected chi connectivity index (χ0v) is 16.0. The van der Waals surface area contributed by atoms with E-state index in [9.17, 15) is 4.79 Å². The maximum absolute atomic E-state index is 12.4. The average Bonchev–Trinajstić information content (AvgIpc) is 3.29. The fourth-order valence-electron chi connectivity index (χ4n) is 3.70. The van der Waals surface area contributed by atoms with Crippen LogP contribution in [-0.4, -0.2) is 46.2 Å². The third kappa shape index (κ3) is 4.06. The molecule has 6 heteroatoms. The van der Waals surface area contributed by atoms with Gasteiger partial charge < -0.3 is 9.64 Å². The van der Waals surface area contributed by atoms with Crippen LogP contribution in [0.1, 0.15) is 46.2 Å². The van der Waals surface area contributed by atoms with Crippen LogP contribution < -0.4 is 4.74 Å². The molecule has 1 aliphatic rings. The molecule has 4 rings (SSSR count). The highest BCUT2D eigenvalue weighted by atomic mass is 16.5. The van der Waals surface area contributed by atoms with Gasteiger partial charge in [-0.25, -0.2) is 0 Å². The molecule has 144 valence electrons. The van der Waals surface area contributed by atoms with Crippen molar-refractivity contribution in [2.24, 2.45) is 0 Å².